The van der Waals surface area contributed by atoms with E-state index in [0.29, 0.717) is 18.7 Å². The van der Waals surface area contributed by atoms with Gasteiger partial charge in [0.15, 0.2) is 0 Å². The molecule has 0 spiro atoms. The number of pyridine rings is 1. The Morgan fingerprint density at radius 2 is 2.00 bits per heavy atom. The fraction of sp³-hybridized carbons (Fsp3) is 0.176. The van der Waals surface area contributed by atoms with E-state index in [-0.39, 0.29) is 5.91 Å². The van der Waals surface area contributed by atoms with Gasteiger partial charge in [-0.15, -0.1) is 0 Å². The van der Waals surface area contributed by atoms with Crippen LogP contribution in [-0.4, -0.2) is 25.7 Å². The smallest absolute Gasteiger partial charge is 0.253 e. The minimum atomic E-state index is -0.131. The molecular weight excluding hydrogens is 290 g/mol. The topological polar surface area (TPSA) is 72.7 Å². The van der Waals surface area contributed by atoms with Crippen LogP contribution in [0.2, 0.25) is 0 Å². The highest BCUT2D eigenvalue weighted by atomic mass is 16.1. The number of aromatic nitrogens is 4. The van der Waals surface area contributed by atoms with E-state index >= 15 is 0 Å². The Labute approximate surface area is 134 Å². The van der Waals surface area contributed by atoms with Gasteiger partial charge in [-0.25, -0.2) is 9.67 Å². The molecule has 2 heterocycles. The average Bonchev–Trinajstić information content (AvgIpc) is 3.07. The van der Waals surface area contributed by atoms with E-state index in [0.717, 1.165) is 16.8 Å². The largest absolute Gasteiger partial charge is 0.348 e. The number of nitrogens with zero attached hydrogens (tertiary/aromatic N) is 4. The van der Waals surface area contributed by atoms with Crippen molar-refractivity contribution < 1.29 is 4.79 Å². The van der Waals surface area contributed by atoms with Gasteiger partial charge in [0.25, 0.3) is 5.91 Å². The lowest BCUT2D eigenvalue weighted by Gasteiger charge is -2.11. The summed E-state index contributed by atoms with van der Waals surface area (Å²) < 4.78 is 1.75. The molecular formula is C17H17N5O. The fourth-order valence-electron chi connectivity index (χ4n) is 2.25. The summed E-state index contributed by atoms with van der Waals surface area (Å²) in [6.07, 6.45) is 4.77. The van der Waals surface area contributed by atoms with Gasteiger partial charge in [-0.3, -0.25) is 9.78 Å². The highest BCUT2D eigenvalue weighted by Gasteiger charge is 2.08. The molecule has 0 aliphatic heterocycles. The summed E-state index contributed by atoms with van der Waals surface area (Å²) in [5.41, 5.74) is 3.60. The molecule has 6 nitrogen and oxygen atoms in total. The van der Waals surface area contributed by atoms with Crippen molar-refractivity contribution in [2.45, 2.75) is 20.0 Å². The molecule has 1 amide bonds. The Bertz CT molecular complexity index is 781. The van der Waals surface area contributed by atoms with E-state index in [4.69, 9.17) is 0 Å². The number of carbonyl (C=O) groups is 1. The zero-order valence-corrected chi connectivity index (χ0v) is 12.8. The predicted molar refractivity (Wildman–Crippen MR) is 85.7 cm³/mol. The lowest BCUT2D eigenvalue weighted by Crippen LogP contribution is -2.23. The number of amides is 1. The second-order valence-electron chi connectivity index (χ2n) is 5.23. The molecule has 0 fully saturated rings. The summed E-state index contributed by atoms with van der Waals surface area (Å²) in [5.74, 6) is -0.131. The standard InChI is InChI=1S/C17H17N5O/c1-13-6-7-15(9-19-13)17(23)20-8-14-4-2-3-5-16(14)10-22-12-18-11-21-22/h2-7,9,11-12H,8,10H2,1H3,(H,20,23). The molecule has 2 aromatic heterocycles. The van der Waals surface area contributed by atoms with Crippen LogP contribution in [0.4, 0.5) is 0 Å². The summed E-state index contributed by atoms with van der Waals surface area (Å²) in [7, 11) is 0. The minimum absolute atomic E-state index is 0.131. The normalized spacial score (nSPS) is 10.5. The maximum atomic E-state index is 12.2. The Kier molecular flexibility index (Phi) is 4.42. The van der Waals surface area contributed by atoms with Crippen molar-refractivity contribution in [3.8, 4) is 0 Å². The van der Waals surface area contributed by atoms with Crippen molar-refractivity contribution >= 4 is 5.91 Å². The number of rotatable bonds is 5. The first-order chi connectivity index (χ1) is 11.2. The molecule has 1 N–H and O–H groups in total. The van der Waals surface area contributed by atoms with Crippen molar-refractivity contribution in [3.63, 3.8) is 0 Å². The second-order valence-corrected chi connectivity index (χ2v) is 5.23. The van der Waals surface area contributed by atoms with Crippen LogP contribution in [-0.2, 0) is 13.1 Å². The molecule has 0 bridgehead atoms. The highest BCUT2D eigenvalue weighted by molar-refractivity contribution is 5.93. The number of benzene rings is 1. The minimum Gasteiger partial charge on any atom is -0.348 e. The van der Waals surface area contributed by atoms with Crippen molar-refractivity contribution in [1.29, 1.82) is 0 Å². The summed E-state index contributed by atoms with van der Waals surface area (Å²) in [6, 6.07) is 11.6. The zero-order valence-electron chi connectivity index (χ0n) is 12.8. The van der Waals surface area contributed by atoms with Crippen molar-refractivity contribution in [1.82, 2.24) is 25.1 Å². The molecule has 0 saturated heterocycles. The number of hydrogen-bond acceptors (Lipinski definition) is 4. The Morgan fingerprint density at radius 3 is 2.70 bits per heavy atom. The monoisotopic (exact) mass is 307 g/mol. The first kappa shape index (κ1) is 14.9. The summed E-state index contributed by atoms with van der Waals surface area (Å²) in [5, 5.41) is 7.04. The van der Waals surface area contributed by atoms with Crippen LogP contribution in [0.25, 0.3) is 0 Å². The van der Waals surface area contributed by atoms with Crippen molar-refractivity contribution in [2.24, 2.45) is 0 Å². The molecule has 0 unspecified atom stereocenters. The molecule has 0 saturated carbocycles. The van der Waals surface area contributed by atoms with Crippen LogP contribution >= 0.6 is 0 Å². The van der Waals surface area contributed by atoms with Crippen molar-refractivity contribution in [3.05, 3.63) is 77.6 Å². The molecule has 23 heavy (non-hydrogen) atoms. The van der Waals surface area contributed by atoms with Crippen molar-refractivity contribution in [2.75, 3.05) is 0 Å². The summed E-state index contributed by atoms with van der Waals surface area (Å²) in [6.45, 7) is 2.97. The first-order valence-electron chi connectivity index (χ1n) is 7.32. The van der Waals surface area contributed by atoms with E-state index < -0.39 is 0 Å². The Balaban J connectivity index is 1.68. The van der Waals surface area contributed by atoms with Crippen LogP contribution in [0.1, 0.15) is 27.2 Å². The van der Waals surface area contributed by atoms with E-state index in [1.54, 1.807) is 23.3 Å². The number of aryl methyl sites for hydroxylation is 1. The predicted octanol–water partition coefficient (Wildman–Crippen LogP) is 1.96. The molecule has 116 valence electrons. The van der Waals surface area contributed by atoms with E-state index in [9.17, 15) is 4.79 Å². The Morgan fingerprint density at radius 1 is 1.17 bits per heavy atom. The number of hydrogen-bond donors (Lipinski definition) is 1. The molecule has 6 heteroatoms. The maximum absolute atomic E-state index is 12.2. The van der Waals surface area contributed by atoms with Gasteiger partial charge in [-0.1, -0.05) is 24.3 Å². The van der Waals surface area contributed by atoms with Crippen LogP contribution < -0.4 is 5.32 Å². The van der Waals surface area contributed by atoms with E-state index in [1.807, 2.05) is 37.3 Å². The third-order valence-corrected chi connectivity index (χ3v) is 3.53. The molecule has 0 radical (unpaired) electrons. The number of carbonyl (C=O) groups excluding carboxylic acids is 1. The summed E-state index contributed by atoms with van der Waals surface area (Å²) in [4.78, 5) is 20.3. The molecule has 0 aliphatic carbocycles. The van der Waals surface area contributed by atoms with E-state index in [2.05, 4.69) is 20.4 Å². The van der Waals surface area contributed by atoms with Gasteiger partial charge in [0.1, 0.15) is 12.7 Å². The quantitative estimate of drug-likeness (QED) is 0.782. The van der Waals surface area contributed by atoms with Gasteiger partial charge in [-0.05, 0) is 30.2 Å². The molecule has 3 rings (SSSR count). The van der Waals surface area contributed by atoms with Gasteiger partial charge in [0.05, 0.1) is 12.1 Å². The van der Waals surface area contributed by atoms with Crippen LogP contribution in [0, 0.1) is 6.92 Å². The average molecular weight is 307 g/mol. The van der Waals surface area contributed by atoms with Crippen LogP contribution in [0.3, 0.4) is 0 Å². The molecule has 0 atom stereocenters. The van der Waals surface area contributed by atoms with Crippen LogP contribution in [0.15, 0.2) is 55.2 Å². The lowest BCUT2D eigenvalue weighted by atomic mass is 10.1. The third-order valence-electron chi connectivity index (χ3n) is 3.53. The Hall–Kier alpha value is -3.02. The highest BCUT2D eigenvalue weighted by Crippen LogP contribution is 2.10. The van der Waals surface area contributed by atoms with Gasteiger partial charge in [0.2, 0.25) is 0 Å². The van der Waals surface area contributed by atoms with Crippen LogP contribution in [0.5, 0.6) is 0 Å². The van der Waals surface area contributed by atoms with E-state index in [1.165, 1.54) is 6.33 Å². The summed E-state index contributed by atoms with van der Waals surface area (Å²) >= 11 is 0. The van der Waals surface area contributed by atoms with Gasteiger partial charge >= 0.3 is 0 Å². The molecule has 3 aromatic rings. The lowest BCUT2D eigenvalue weighted by molar-refractivity contribution is 0.0950. The second kappa shape index (κ2) is 6.83. The molecule has 1 aromatic carbocycles. The fourth-order valence-corrected chi connectivity index (χ4v) is 2.25. The SMILES string of the molecule is Cc1ccc(C(=O)NCc2ccccc2Cn2cncn2)cn1. The zero-order chi connectivity index (χ0) is 16.1. The first-order valence-corrected chi connectivity index (χ1v) is 7.32. The van der Waals surface area contributed by atoms with Gasteiger partial charge < -0.3 is 5.32 Å². The van der Waals surface area contributed by atoms with Gasteiger partial charge in [-0.2, -0.15) is 5.10 Å². The van der Waals surface area contributed by atoms with Gasteiger partial charge in [0, 0.05) is 18.4 Å². The number of nitrogens with one attached hydrogen (secondary N) is 1. The third kappa shape index (κ3) is 3.79. The maximum Gasteiger partial charge on any atom is 0.253 e. The molecule has 0 aliphatic rings.